The van der Waals surface area contributed by atoms with E-state index in [1.165, 1.54) is 6.07 Å². The van der Waals surface area contributed by atoms with Crippen molar-refractivity contribution in [3.05, 3.63) is 28.0 Å². The summed E-state index contributed by atoms with van der Waals surface area (Å²) in [5, 5.41) is 0. The van der Waals surface area contributed by atoms with Gasteiger partial charge >= 0.3 is 0 Å². The molecule has 0 atom stereocenters. The van der Waals surface area contributed by atoms with Crippen molar-refractivity contribution in [1.82, 2.24) is 0 Å². The van der Waals surface area contributed by atoms with Crippen molar-refractivity contribution in [3.8, 4) is 0 Å². The van der Waals surface area contributed by atoms with Gasteiger partial charge in [-0.25, -0.2) is 12.8 Å². The Hall–Kier alpha value is -0.420. The molecule has 1 aromatic rings. The lowest BCUT2D eigenvalue weighted by Gasteiger charge is -2.05. The first-order chi connectivity index (χ1) is 6.36. The van der Waals surface area contributed by atoms with Crippen LogP contribution in [0, 0.1) is 5.82 Å². The van der Waals surface area contributed by atoms with E-state index in [0.717, 1.165) is 11.8 Å². The van der Waals surface area contributed by atoms with Crippen molar-refractivity contribution in [2.45, 2.75) is 18.2 Å². The number of aryl methyl sites for hydroxylation is 1. The average Bonchev–Trinajstić information content (AvgIpc) is 2.07. The van der Waals surface area contributed by atoms with Gasteiger partial charge in [0.2, 0.25) is 0 Å². The Kier molecular flexibility index (Phi) is 3.32. The molecule has 0 saturated carbocycles. The highest BCUT2D eigenvalue weighted by atomic mass is 79.9. The first-order valence-electron chi connectivity index (χ1n) is 4.04. The van der Waals surface area contributed by atoms with Crippen LogP contribution in [0.4, 0.5) is 4.39 Å². The Morgan fingerprint density at radius 3 is 2.43 bits per heavy atom. The third kappa shape index (κ3) is 2.33. The van der Waals surface area contributed by atoms with E-state index in [0.29, 0.717) is 6.42 Å². The topological polar surface area (TPSA) is 34.1 Å². The smallest absolute Gasteiger partial charge is 0.178 e. The van der Waals surface area contributed by atoms with Crippen molar-refractivity contribution >= 4 is 25.8 Å². The lowest BCUT2D eigenvalue weighted by molar-refractivity contribution is 0.566. The SMILES string of the molecule is CCc1cc(Br)c(F)c(S(C)(=O)=O)c1. The predicted octanol–water partition coefficient (Wildman–Crippen LogP) is 2.55. The summed E-state index contributed by atoms with van der Waals surface area (Å²) in [6, 6.07) is 2.96. The van der Waals surface area contributed by atoms with E-state index in [1.807, 2.05) is 6.92 Å². The molecular weight excluding hydrogens is 271 g/mol. The second kappa shape index (κ2) is 3.98. The summed E-state index contributed by atoms with van der Waals surface area (Å²) in [5.41, 5.74) is 0.790. The van der Waals surface area contributed by atoms with E-state index in [9.17, 15) is 12.8 Å². The van der Waals surface area contributed by atoms with Gasteiger partial charge < -0.3 is 0 Å². The van der Waals surface area contributed by atoms with Crippen LogP contribution in [0.5, 0.6) is 0 Å². The van der Waals surface area contributed by atoms with E-state index in [-0.39, 0.29) is 9.37 Å². The quantitative estimate of drug-likeness (QED) is 0.835. The fourth-order valence-electron chi connectivity index (χ4n) is 1.09. The van der Waals surface area contributed by atoms with Gasteiger partial charge in [-0.2, -0.15) is 0 Å². The molecule has 5 heteroatoms. The van der Waals surface area contributed by atoms with Crippen molar-refractivity contribution < 1.29 is 12.8 Å². The third-order valence-corrected chi connectivity index (χ3v) is 3.54. The summed E-state index contributed by atoms with van der Waals surface area (Å²) in [4.78, 5) is -0.247. The van der Waals surface area contributed by atoms with Gasteiger partial charge in [-0.05, 0) is 40.0 Å². The zero-order valence-corrected chi connectivity index (χ0v) is 10.2. The fraction of sp³-hybridized carbons (Fsp3) is 0.333. The highest BCUT2D eigenvalue weighted by Gasteiger charge is 2.16. The predicted molar refractivity (Wildman–Crippen MR) is 56.6 cm³/mol. The van der Waals surface area contributed by atoms with Gasteiger partial charge in [0.05, 0.1) is 4.47 Å². The molecular formula is C9H10BrFO2S. The molecule has 0 N–H and O–H groups in total. The number of rotatable bonds is 2. The monoisotopic (exact) mass is 280 g/mol. The Balaban J connectivity index is 3.51. The molecule has 78 valence electrons. The Bertz CT molecular complexity index is 454. The van der Waals surface area contributed by atoms with Crippen molar-refractivity contribution in [3.63, 3.8) is 0 Å². The molecule has 0 aliphatic rings. The van der Waals surface area contributed by atoms with Crippen molar-refractivity contribution in [2.75, 3.05) is 6.26 Å². The third-order valence-electron chi connectivity index (χ3n) is 1.86. The number of hydrogen-bond donors (Lipinski definition) is 0. The normalized spacial score (nSPS) is 11.7. The second-order valence-corrected chi connectivity index (χ2v) is 5.85. The molecule has 0 amide bonds. The summed E-state index contributed by atoms with van der Waals surface area (Å²) in [6.45, 7) is 1.88. The molecule has 0 spiro atoms. The van der Waals surface area contributed by atoms with Crippen LogP contribution < -0.4 is 0 Å². The fourth-order valence-corrected chi connectivity index (χ4v) is 2.53. The lowest BCUT2D eigenvalue weighted by atomic mass is 10.2. The molecule has 1 rings (SSSR count). The van der Waals surface area contributed by atoms with Crippen molar-refractivity contribution in [1.29, 1.82) is 0 Å². The average molecular weight is 281 g/mol. The van der Waals surface area contributed by atoms with Gasteiger partial charge in [0.15, 0.2) is 15.7 Å². The maximum absolute atomic E-state index is 13.4. The molecule has 2 nitrogen and oxygen atoms in total. The van der Waals surface area contributed by atoms with Crippen LogP contribution in [0.15, 0.2) is 21.5 Å². The van der Waals surface area contributed by atoms with E-state index >= 15 is 0 Å². The van der Waals surface area contributed by atoms with Gasteiger partial charge in [0.25, 0.3) is 0 Å². The van der Waals surface area contributed by atoms with Crippen molar-refractivity contribution in [2.24, 2.45) is 0 Å². The maximum atomic E-state index is 13.4. The van der Waals surface area contributed by atoms with Crippen LogP contribution in [0.1, 0.15) is 12.5 Å². The number of benzene rings is 1. The minimum absolute atomic E-state index is 0.192. The first kappa shape index (κ1) is 11.7. The molecule has 0 saturated heterocycles. The molecule has 0 aromatic heterocycles. The highest BCUT2D eigenvalue weighted by Crippen LogP contribution is 2.25. The van der Waals surface area contributed by atoms with E-state index in [2.05, 4.69) is 15.9 Å². The molecule has 0 aliphatic heterocycles. The van der Waals surface area contributed by atoms with E-state index in [4.69, 9.17) is 0 Å². The Labute approximate surface area is 91.2 Å². The van der Waals surface area contributed by atoms with E-state index in [1.54, 1.807) is 6.07 Å². The summed E-state index contributed by atoms with van der Waals surface area (Å²) < 4.78 is 36.0. The Morgan fingerprint density at radius 2 is 2.00 bits per heavy atom. The second-order valence-electron chi connectivity index (χ2n) is 3.02. The van der Waals surface area contributed by atoms with Crippen LogP contribution in [0.2, 0.25) is 0 Å². The molecule has 14 heavy (non-hydrogen) atoms. The van der Waals surface area contributed by atoms with Crippen LogP contribution in [-0.4, -0.2) is 14.7 Å². The minimum Gasteiger partial charge on any atom is -0.224 e. The van der Waals surface area contributed by atoms with Crippen LogP contribution in [-0.2, 0) is 16.3 Å². The van der Waals surface area contributed by atoms with Crippen LogP contribution in [0.3, 0.4) is 0 Å². The van der Waals surface area contributed by atoms with Gasteiger partial charge in [0.1, 0.15) is 4.90 Å². The summed E-state index contributed by atoms with van der Waals surface area (Å²) in [5.74, 6) is -0.718. The largest absolute Gasteiger partial charge is 0.224 e. The standard InChI is InChI=1S/C9H10BrFO2S/c1-3-6-4-7(10)9(11)8(5-6)14(2,12)13/h4-5H,3H2,1-2H3. The molecule has 0 aliphatic carbocycles. The highest BCUT2D eigenvalue weighted by molar-refractivity contribution is 9.10. The maximum Gasteiger partial charge on any atom is 0.178 e. The van der Waals surface area contributed by atoms with Gasteiger partial charge in [0, 0.05) is 6.26 Å². The first-order valence-corrected chi connectivity index (χ1v) is 6.72. The molecule has 0 fully saturated rings. The van der Waals surface area contributed by atoms with Crippen LogP contribution in [0.25, 0.3) is 0 Å². The number of halogens is 2. The molecule has 0 unspecified atom stereocenters. The van der Waals surface area contributed by atoms with E-state index < -0.39 is 15.7 Å². The molecule has 0 radical (unpaired) electrons. The van der Waals surface area contributed by atoms with Gasteiger partial charge in [-0.3, -0.25) is 0 Å². The minimum atomic E-state index is -3.49. The zero-order valence-electron chi connectivity index (χ0n) is 7.84. The zero-order chi connectivity index (χ0) is 10.9. The molecule has 0 bridgehead atoms. The number of hydrogen-bond acceptors (Lipinski definition) is 2. The molecule has 0 heterocycles. The molecule has 1 aromatic carbocycles. The van der Waals surface area contributed by atoms with Crippen LogP contribution >= 0.6 is 15.9 Å². The lowest BCUT2D eigenvalue weighted by Crippen LogP contribution is -2.02. The summed E-state index contributed by atoms with van der Waals surface area (Å²) in [6.07, 6.45) is 1.67. The summed E-state index contributed by atoms with van der Waals surface area (Å²) in [7, 11) is -3.49. The van der Waals surface area contributed by atoms with Gasteiger partial charge in [-0.1, -0.05) is 6.92 Å². The number of sulfone groups is 1. The van der Waals surface area contributed by atoms with Gasteiger partial charge in [-0.15, -0.1) is 0 Å². The summed E-state index contributed by atoms with van der Waals surface area (Å²) >= 11 is 2.99. The Morgan fingerprint density at radius 1 is 1.43 bits per heavy atom.